The maximum absolute atomic E-state index is 9.22. The van der Waals surface area contributed by atoms with Crippen LogP contribution in [-0.4, -0.2) is 17.2 Å². The van der Waals surface area contributed by atoms with Gasteiger partial charge in [-0.1, -0.05) is 22.9 Å². The van der Waals surface area contributed by atoms with Crippen LogP contribution in [0.3, 0.4) is 0 Å². The van der Waals surface area contributed by atoms with Gasteiger partial charge in [0.2, 0.25) is 5.88 Å². The van der Waals surface area contributed by atoms with Crippen molar-refractivity contribution in [2.75, 3.05) is 7.11 Å². The number of halogens is 1. The molecule has 17 heavy (non-hydrogen) atoms. The van der Waals surface area contributed by atoms with Crippen molar-refractivity contribution in [1.82, 2.24) is 4.98 Å². The minimum Gasteiger partial charge on any atom is -0.481 e. The van der Waals surface area contributed by atoms with E-state index in [4.69, 9.17) is 4.74 Å². The van der Waals surface area contributed by atoms with Crippen LogP contribution in [0, 0.1) is 0 Å². The maximum Gasteiger partial charge on any atom is 0.216 e. The normalized spacial score (nSPS) is 10.8. The molecule has 0 spiro atoms. The summed E-state index contributed by atoms with van der Waals surface area (Å²) in [6.07, 6.45) is 0.880. The topological polar surface area (TPSA) is 42.4 Å². The molecular weight excluding hydrogens is 282 g/mol. The molecule has 0 aliphatic carbocycles. The van der Waals surface area contributed by atoms with E-state index in [0.29, 0.717) is 5.88 Å². The van der Waals surface area contributed by atoms with Crippen LogP contribution in [0.25, 0.3) is 10.9 Å². The third-order valence-electron chi connectivity index (χ3n) is 2.77. The Labute approximate surface area is 109 Å². The highest BCUT2D eigenvalue weighted by molar-refractivity contribution is 9.10. The lowest BCUT2D eigenvalue weighted by Gasteiger charge is -2.09. The lowest BCUT2D eigenvalue weighted by atomic mass is 10.1. The van der Waals surface area contributed by atoms with Crippen molar-refractivity contribution in [1.29, 1.82) is 0 Å². The first kappa shape index (κ1) is 12.3. The van der Waals surface area contributed by atoms with Crippen molar-refractivity contribution in [3.05, 3.63) is 33.8 Å². The van der Waals surface area contributed by atoms with Crippen molar-refractivity contribution in [3.8, 4) is 5.88 Å². The van der Waals surface area contributed by atoms with Crippen LogP contribution in [0.15, 0.2) is 22.7 Å². The predicted octanol–water partition coefficient (Wildman–Crippen LogP) is 3.06. The Balaban J connectivity index is 2.70. The van der Waals surface area contributed by atoms with Gasteiger partial charge in [-0.15, -0.1) is 0 Å². The number of aliphatic hydroxyl groups excluding tert-OH is 1. The molecule has 90 valence electrons. The van der Waals surface area contributed by atoms with Gasteiger partial charge in [-0.25, -0.2) is 4.98 Å². The van der Waals surface area contributed by atoms with E-state index in [0.717, 1.165) is 32.9 Å². The first-order chi connectivity index (χ1) is 8.19. The van der Waals surface area contributed by atoms with E-state index >= 15 is 0 Å². The fourth-order valence-electron chi connectivity index (χ4n) is 1.81. The molecular formula is C13H14BrNO2. The minimum absolute atomic E-state index is 0.00392. The summed E-state index contributed by atoms with van der Waals surface area (Å²) in [4.78, 5) is 4.46. The number of aryl methyl sites for hydroxylation is 1. The molecule has 0 saturated carbocycles. The third-order valence-corrected chi connectivity index (χ3v) is 3.50. The maximum atomic E-state index is 9.22. The monoisotopic (exact) mass is 295 g/mol. The predicted molar refractivity (Wildman–Crippen MR) is 71.3 cm³/mol. The Kier molecular flexibility index (Phi) is 3.64. The zero-order chi connectivity index (χ0) is 12.4. The summed E-state index contributed by atoms with van der Waals surface area (Å²) < 4.78 is 6.17. The van der Waals surface area contributed by atoms with Crippen molar-refractivity contribution in [3.63, 3.8) is 0 Å². The molecule has 0 saturated heterocycles. The number of aliphatic hydroxyl groups is 1. The SMILES string of the molecule is CCc1cc2cc(Br)c(CO)cc2nc1OC. The summed E-state index contributed by atoms with van der Waals surface area (Å²) in [5.74, 6) is 0.659. The van der Waals surface area contributed by atoms with Crippen LogP contribution in [-0.2, 0) is 13.0 Å². The van der Waals surface area contributed by atoms with Gasteiger partial charge in [0.05, 0.1) is 19.2 Å². The van der Waals surface area contributed by atoms with Crippen LogP contribution in [0.1, 0.15) is 18.1 Å². The second kappa shape index (κ2) is 5.02. The largest absolute Gasteiger partial charge is 0.481 e. The van der Waals surface area contributed by atoms with Gasteiger partial charge in [0.25, 0.3) is 0 Å². The van der Waals surface area contributed by atoms with Crippen LogP contribution in [0.2, 0.25) is 0 Å². The fourth-order valence-corrected chi connectivity index (χ4v) is 2.30. The summed E-state index contributed by atoms with van der Waals surface area (Å²) in [6.45, 7) is 2.07. The minimum atomic E-state index is -0.00392. The van der Waals surface area contributed by atoms with Gasteiger partial charge in [0.15, 0.2) is 0 Å². The van der Waals surface area contributed by atoms with Crippen LogP contribution < -0.4 is 4.74 Å². The zero-order valence-electron chi connectivity index (χ0n) is 9.83. The average molecular weight is 296 g/mol. The molecule has 2 rings (SSSR count). The Morgan fingerprint density at radius 1 is 1.29 bits per heavy atom. The lowest BCUT2D eigenvalue weighted by molar-refractivity contribution is 0.281. The molecule has 0 aliphatic rings. The van der Waals surface area contributed by atoms with Gasteiger partial charge in [-0.2, -0.15) is 0 Å². The van der Waals surface area contributed by atoms with E-state index in [9.17, 15) is 5.11 Å². The molecule has 1 N–H and O–H groups in total. The second-order valence-electron chi connectivity index (χ2n) is 3.80. The fraction of sp³-hybridized carbons (Fsp3) is 0.308. The standard InChI is InChI=1S/C13H14BrNO2/c1-3-8-4-9-5-11(14)10(7-16)6-12(9)15-13(8)17-2/h4-6,16H,3,7H2,1-2H3. The van der Waals surface area contributed by atoms with Crippen molar-refractivity contribution < 1.29 is 9.84 Å². The number of methoxy groups -OCH3 is 1. The van der Waals surface area contributed by atoms with Gasteiger partial charge in [-0.3, -0.25) is 0 Å². The highest BCUT2D eigenvalue weighted by Gasteiger charge is 2.08. The number of ether oxygens (including phenoxy) is 1. The molecule has 1 aromatic carbocycles. The number of fused-ring (bicyclic) bond motifs is 1. The molecule has 0 aliphatic heterocycles. The van der Waals surface area contributed by atoms with E-state index in [1.807, 2.05) is 12.1 Å². The number of hydrogen-bond donors (Lipinski definition) is 1. The quantitative estimate of drug-likeness (QED) is 0.946. The lowest BCUT2D eigenvalue weighted by Crippen LogP contribution is -1.96. The molecule has 0 amide bonds. The highest BCUT2D eigenvalue weighted by atomic mass is 79.9. The molecule has 1 heterocycles. The number of hydrogen-bond acceptors (Lipinski definition) is 3. The van der Waals surface area contributed by atoms with Gasteiger partial charge >= 0.3 is 0 Å². The van der Waals surface area contributed by atoms with Crippen LogP contribution >= 0.6 is 15.9 Å². The number of nitrogens with zero attached hydrogens (tertiary/aromatic N) is 1. The number of rotatable bonds is 3. The van der Waals surface area contributed by atoms with Gasteiger partial charge in [0, 0.05) is 15.4 Å². The van der Waals surface area contributed by atoms with E-state index in [2.05, 4.69) is 33.9 Å². The van der Waals surface area contributed by atoms with Gasteiger partial charge in [0.1, 0.15) is 0 Å². The molecule has 4 heteroatoms. The van der Waals surface area contributed by atoms with Gasteiger partial charge in [-0.05, 0) is 30.2 Å². The molecule has 0 unspecified atom stereocenters. The smallest absolute Gasteiger partial charge is 0.216 e. The van der Waals surface area contributed by atoms with E-state index in [1.54, 1.807) is 7.11 Å². The first-order valence-corrected chi connectivity index (χ1v) is 6.25. The van der Waals surface area contributed by atoms with Crippen molar-refractivity contribution >= 4 is 26.8 Å². The van der Waals surface area contributed by atoms with Gasteiger partial charge < -0.3 is 9.84 Å². The highest BCUT2D eigenvalue weighted by Crippen LogP contribution is 2.27. The van der Waals surface area contributed by atoms with E-state index in [1.165, 1.54) is 0 Å². The molecule has 3 nitrogen and oxygen atoms in total. The Hall–Kier alpha value is -1.13. The average Bonchev–Trinajstić information content (AvgIpc) is 2.36. The number of pyridine rings is 1. The third kappa shape index (κ3) is 2.28. The number of benzene rings is 1. The Morgan fingerprint density at radius 3 is 2.65 bits per heavy atom. The molecule has 0 fully saturated rings. The zero-order valence-corrected chi connectivity index (χ0v) is 11.4. The van der Waals surface area contributed by atoms with E-state index < -0.39 is 0 Å². The molecule has 1 aromatic heterocycles. The van der Waals surface area contributed by atoms with Crippen LogP contribution in [0.4, 0.5) is 0 Å². The van der Waals surface area contributed by atoms with Crippen molar-refractivity contribution in [2.24, 2.45) is 0 Å². The molecule has 0 bridgehead atoms. The second-order valence-corrected chi connectivity index (χ2v) is 4.66. The first-order valence-electron chi connectivity index (χ1n) is 5.46. The summed E-state index contributed by atoms with van der Waals surface area (Å²) in [7, 11) is 1.62. The summed E-state index contributed by atoms with van der Waals surface area (Å²) in [5, 5.41) is 10.3. The Morgan fingerprint density at radius 2 is 2.06 bits per heavy atom. The Bertz CT molecular complexity index is 555. The summed E-state index contributed by atoms with van der Waals surface area (Å²) in [6, 6.07) is 5.93. The van der Waals surface area contributed by atoms with E-state index in [-0.39, 0.29) is 6.61 Å². The molecule has 0 atom stereocenters. The number of aromatic nitrogens is 1. The summed E-state index contributed by atoms with van der Waals surface area (Å²) in [5.41, 5.74) is 2.76. The molecule has 0 radical (unpaired) electrons. The van der Waals surface area contributed by atoms with Crippen LogP contribution in [0.5, 0.6) is 5.88 Å². The summed E-state index contributed by atoms with van der Waals surface area (Å²) >= 11 is 3.44. The molecule has 2 aromatic rings. The van der Waals surface area contributed by atoms with Crippen molar-refractivity contribution in [2.45, 2.75) is 20.0 Å².